The molecule has 18 atom stereocenters. The molecule has 14 N–H and O–H groups in total. The molecule has 18 unspecified atom stereocenters. The van der Waals surface area contributed by atoms with Crippen LogP contribution in [0.5, 0.6) is 0 Å². The predicted molar refractivity (Wildman–Crippen MR) is 320 cm³/mol. The second-order valence-corrected chi connectivity index (χ2v) is 24.3. The maximum Gasteiger partial charge on any atom is 0.364 e. The number of carboxylic acids is 1. The summed E-state index contributed by atoms with van der Waals surface area (Å²) in [6.45, 7) is 2.18. The molecule has 3 saturated heterocycles. The van der Waals surface area contributed by atoms with Crippen LogP contribution in [0.3, 0.4) is 0 Å². The molecule has 23 heteroatoms. The van der Waals surface area contributed by atoms with Gasteiger partial charge in [-0.1, -0.05) is 187 Å². The molecule has 0 aromatic rings. The highest BCUT2D eigenvalue weighted by Gasteiger charge is 2.60. The normalized spacial score (nSPS) is 29.4. The molecular formula is C63H116N2O21. The van der Waals surface area contributed by atoms with E-state index in [4.69, 9.17) is 28.4 Å². The van der Waals surface area contributed by atoms with Crippen LogP contribution in [0.15, 0.2) is 12.2 Å². The van der Waals surface area contributed by atoms with E-state index in [1.54, 1.807) is 0 Å². The third kappa shape index (κ3) is 27.9. The Balaban J connectivity index is 1.61. The van der Waals surface area contributed by atoms with Gasteiger partial charge in [-0.05, 0) is 38.5 Å². The number of carbonyl (C=O) groups is 3. The van der Waals surface area contributed by atoms with Crippen LogP contribution in [0.1, 0.15) is 233 Å². The predicted octanol–water partition coefficient (Wildman–Crippen LogP) is 4.73. The van der Waals surface area contributed by atoms with Crippen molar-refractivity contribution in [2.45, 2.75) is 342 Å². The van der Waals surface area contributed by atoms with Crippen molar-refractivity contribution in [2.24, 2.45) is 0 Å². The number of amides is 2. The highest BCUT2D eigenvalue weighted by atomic mass is 16.8. The molecule has 3 fully saturated rings. The zero-order valence-electron chi connectivity index (χ0n) is 52.2. The van der Waals surface area contributed by atoms with Gasteiger partial charge >= 0.3 is 5.97 Å². The molecule has 3 aliphatic heterocycles. The average Bonchev–Trinajstić information content (AvgIpc) is 2.74. The first-order chi connectivity index (χ1) is 41.4. The van der Waals surface area contributed by atoms with Crippen LogP contribution in [-0.4, -0.2) is 215 Å². The molecule has 0 aromatic carbocycles. The Bertz CT molecular complexity index is 1810. The Morgan fingerprint density at radius 2 is 1.08 bits per heavy atom. The standard InChI is InChI=1S/C63H116N2O21/c1-4-6-8-10-12-14-16-18-19-20-21-22-23-25-27-29-31-33-35-37-50(73)65-44(45(70)36-34-32-30-28-26-24-17-15-13-11-9-7-5-2)42-81-60-55(77)54(76)57(49(41-68)83-60)84-61-56(78)59(53(75)48(40-67)82-61)86-63(62(79)80)38-46(71)51(64-43(3)69)58(85-63)52(74)47(72)39-66/h18-19,44-49,51-61,66-68,70-72,74-78H,4-17,20-42H2,1-3H3,(H,64,69)(H,65,73)(H,79,80). The largest absolute Gasteiger partial charge is 0.477 e. The van der Waals surface area contributed by atoms with Crippen LogP contribution in [0.4, 0.5) is 0 Å². The Hall–Kier alpha value is -2.53. The number of ether oxygens (including phenoxy) is 6. The molecule has 0 aromatic heterocycles. The smallest absolute Gasteiger partial charge is 0.364 e. The Morgan fingerprint density at radius 3 is 1.57 bits per heavy atom. The summed E-state index contributed by atoms with van der Waals surface area (Å²) in [6, 6.07) is -2.53. The van der Waals surface area contributed by atoms with Crippen LogP contribution >= 0.6 is 0 Å². The van der Waals surface area contributed by atoms with Gasteiger partial charge in [0.1, 0.15) is 67.1 Å². The van der Waals surface area contributed by atoms with Crippen molar-refractivity contribution >= 4 is 17.8 Å². The number of unbranched alkanes of at least 4 members (excludes halogenated alkanes) is 27. The van der Waals surface area contributed by atoms with Crippen LogP contribution in [0, 0.1) is 0 Å². The molecule has 2 amide bonds. The molecule has 0 aliphatic carbocycles. The van der Waals surface area contributed by atoms with E-state index in [-0.39, 0.29) is 18.9 Å². The number of aliphatic carboxylic acids is 1. The SMILES string of the molecule is CCCCCCCCC=CCCCCCCCCCCCC(=O)NC(COC1OC(CO)C(OC2OC(CO)C(O)C(OC3(C(=O)O)CC(O)C(NC(C)=O)C(C(O)C(O)CO)O3)C2O)C(O)C1O)C(O)CCCCCCCCCCCCCCC. The Labute approximate surface area is 511 Å². The summed E-state index contributed by atoms with van der Waals surface area (Å²) in [6.07, 6.45) is 10.8. The zero-order valence-corrected chi connectivity index (χ0v) is 52.2. The Morgan fingerprint density at radius 1 is 0.593 bits per heavy atom. The van der Waals surface area contributed by atoms with Crippen LogP contribution in [-0.2, 0) is 42.8 Å². The van der Waals surface area contributed by atoms with E-state index in [9.17, 15) is 75.7 Å². The molecule has 3 heterocycles. The summed E-state index contributed by atoms with van der Waals surface area (Å²) >= 11 is 0. The summed E-state index contributed by atoms with van der Waals surface area (Å²) in [5.74, 6) is -6.10. The molecule has 0 bridgehead atoms. The summed E-state index contributed by atoms with van der Waals surface area (Å²) in [7, 11) is 0. The van der Waals surface area contributed by atoms with Gasteiger partial charge in [-0.15, -0.1) is 0 Å². The van der Waals surface area contributed by atoms with Crippen molar-refractivity contribution in [1.29, 1.82) is 0 Å². The van der Waals surface area contributed by atoms with Crippen LogP contribution in [0.25, 0.3) is 0 Å². The number of nitrogens with one attached hydrogen (secondary N) is 2. The van der Waals surface area contributed by atoms with Gasteiger partial charge < -0.3 is 100 Å². The van der Waals surface area contributed by atoms with Gasteiger partial charge in [-0.2, -0.15) is 0 Å². The monoisotopic (exact) mass is 1240 g/mol. The van der Waals surface area contributed by atoms with Crippen molar-refractivity contribution < 1.29 is 104 Å². The van der Waals surface area contributed by atoms with Gasteiger partial charge in [0, 0.05) is 19.8 Å². The zero-order chi connectivity index (χ0) is 63.3. The molecule has 3 rings (SSSR count). The number of allylic oxidation sites excluding steroid dienone is 2. The fraction of sp³-hybridized carbons (Fsp3) is 0.921. The number of carbonyl (C=O) groups excluding carboxylic acids is 2. The maximum atomic E-state index is 13.4. The quantitative estimate of drug-likeness (QED) is 0.0289. The van der Waals surface area contributed by atoms with Gasteiger partial charge in [-0.25, -0.2) is 4.79 Å². The molecule has 504 valence electrons. The number of aliphatic hydroxyl groups excluding tert-OH is 11. The summed E-state index contributed by atoms with van der Waals surface area (Å²) in [5, 5.41) is 136. The van der Waals surface area contributed by atoms with Crippen molar-refractivity contribution in [1.82, 2.24) is 10.6 Å². The Kier molecular flexibility index (Phi) is 40.5. The molecule has 0 saturated carbocycles. The minimum atomic E-state index is -3.08. The molecule has 3 aliphatic rings. The third-order valence-electron chi connectivity index (χ3n) is 17.0. The van der Waals surface area contributed by atoms with Crippen molar-refractivity contribution in [3.05, 3.63) is 12.2 Å². The first-order valence-electron chi connectivity index (χ1n) is 33.0. The topological polar surface area (TPSA) is 373 Å². The first-order valence-corrected chi connectivity index (χ1v) is 33.0. The molecule has 86 heavy (non-hydrogen) atoms. The summed E-state index contributed by atoms with van der Waals surface area (Å²) < 4.78 is 34.8. The average molecular weight is 1240 g/mol. The molecular weight excluding hydrogens is 1120 g/mol. The van der Waals surface area contributed by atoms with E-state index in [0.717, 1.165) is 64.7 Å². The van der Waals surface area contributed by atoms with E-state index >= 15 is 0 Å². The number of carboxylic acid groups (broad SMARTS) is 1. The second-order valence-electron chi connectivity index (χ2n) is 24.3. The summed E-state index contributed by atoms with van der Waals surface area (Å²) in [4.78, 5) is 38.5. The lowest BCUT2D eigenvalue weighted by atomic mass is 9.88. The van der Waals surface area contributed by atoms with Crippen LogP contribution in [0.2, 0.25) is 0 Å². The van der Waals surface area contributed by atoms with Crippen LogP contribution < -0.4 is 10.6 Å². The number of aliphatic hydroxyl groups is 11. The highest BCUT2D eigenvalue weighted by Crippen LogP contribution is 2.39. The lowest BCUT2D eigenvalue weighted by Crippen LogP contribution is -2.70. The minimum Gasteiger partial charge on any atom is -0.477 e. The van der Waals surface area contributed by atoms with E-state index in [1.807, 2.05) is 0 Å². The number of rotatable bonds is 49. The number of hydrogen-bond acceptors (Lipinski definition) is 20. The van der Waals surface area contributed by atoms with Gasteiger partial charge in [0.15, 0.2) is 12.6 Å². The van der Waals surface area contributed by atoms with Crippen molar-refractivity contribution in [2.75, 3.05) is 26.4 Å². The maximum absolute atomic E-state index is 13.4. The molecule has 0 radical (unpaired) electrons. The van der Waals surface area contributed by atoms with Gasteiger partial charge in [0.25, 0.3) is 5.79 Å². The molecule has 23 nitrogen and oxygen atoms in total. The van der Waals surface area contributed by atoms with Gasteiger partial charge in [0.05, 0.1) is 50.7 Å². The third-order valence-corrected chi connectivity index (χ3v) is 17.0. The summed E-state index contributed by atoms with van der Waals surface area (Å²) in [5.41, 5.74) is 0. The number of hydrogen-bond donors (Lipinski definition) is 14. The highest BCUT2D eigenvalue weighted by molar-refractivity contribution is 5.77. The lowest BCUT2D eigenvalue weighted by molar-refractivity contribution is -0.386. The van der Waals surface area contributed by atoms with Gasteiger partial charge in [0.2, 0.25) is 11.8 Å². The van der Waals surface area contributed by atoms with E-state index in [1.165, 1.54) is 122 Å². The van der Waals surface area contributed by atoms with Gasteiger partial charge in [-0.3, -0.25) is 9.59 Å². The lowest BCUT2D eigenvalue weighted by Gasteiger charge is -2.50. The molecule has 0 spiro atoms. The fourth-order valence-electron chi connectivity index (χ4n) is 11.6. The first kappa shape index (κ1) is 77.7. The van der Waals surface area contributed by atoms with Crippen molar-refractivity contribution in [3.63, 3.8) is 0 Å². The van der Waals surface area contributed by atoms with E-state index in [0.29, 0.717) is 19.3 Å². The minimum absolute atomic E-state index is 0.222. The second kappa shape index (κ2) is 44.9. The van der Waals surface area contributed by atoms with E-state index < -0.39 is 148 Å². The van der Waals surface area contributed by atoms with E-state index in [2.05, 4.69) is 36.6 Å². The fourth-order valence-corrected chi connectivity index (χ4v) is 11.6. The van der Waals surface area contributed by atoms with Crippen molar-refractivity contribution in [3.8, 4) is 0 Å².